The van der Waals surface area contributed by atoms with E-state index in [2.05, 4.69) is 9.97 Å². The number of para-hydroxylation sites is 1. The largest absolute Gasteiger partial charge is 0.462 e. The molecule has 0 aliphatic carbocycles. The van der Waals surface area contributed by atoms with Crippen LogP contribution in [0.2, 0.25) is 0 Å². The summed E-state index contributed by atoms with van der Waals surface area (Å²) in [7, 11) is 0. The smallest absolute Gasteiger partial charge is 0.341 e. The fourth-order valence-corrected chi connectivity index (χ4v) is 2.29. The minimum atomic E-state index is -0.451. The molecule has 106 valence electrons. The van der Waals surface area contributed by atoms with Crippen LogP contribution in [0.1, 0.15) is 17.3 Å². The number of hydrogen-bond acceptors (Lipinski definition) is 4. The van der Waals surface area contributed by atoms with E-state index in [9.17, 15) is 4.79 Å². The van der Waals surface area contributed by atoms with Crippen LogP contribution in [-0.2, 0) is 4.74 Å². The number of aromatic nitrogens is 2. The summed E-state index contributed by atoms with van der Waals surface area (Å²) in [6, 6.07) is 11.4. The number of nitrogen functional groups attached to an aromatic ring is 1. The van der Waals surface area contributed by atoms with Gasteiger partial charge < -0.3 is 15.5 Å². The molecule has 0 saturated heterocycles. The number of H-pyrrole nitrogens is 1. The van der Waals surface area contributed by atoms with Gasteiger partial charge in [0.15, 0.2) is 0 Å². The van der Waals surface area contributed by atoms with Gasteiger partial charge in [-0.15, -0.1) is 0 Å². The van der Waals surface area contributed by atoms with Gasteiger partial charge in [-0.05, 0) is 25.1 Å². The first kappa shape index (κ1) is 13.2. The lowest BCUT2D eigenvalue weighted by atomic mass is 10.1. The molecule has 0 saturated carbocycles. The molecule has 0 aliphatic heterocycles. The minimum Gasteiger partial charge on any atom is -0.462 e. The summed E-state index contributed by atoms with van der Waals surface area (Å²) in [4.78, 5) is 19.2. The Hall–Kier alpha value is -2.82. The van der Waals surface area contributed by atoms with Crippen molar-refractivity contribution in [3.63, 3.8) is 0 Å². The molecule has 5 heteroatoms. The second-order valence-electron chi connectivity index (χ2n) is 4.60. The lowest BCUT2D eigenvalue weighted by molar-refractivity contribution is 0.0527. The van der Waals surface area contributed by atoms with E-state index >= 15 is 0 Å². The van der Waals surface area contributed by atoms with Crippen molar-refractivity contribution in [2.75, 3.05) is 12.3 Å². The van der Waals surface area contributed by atoms with Crippen molar-refractivity contribution in [3.05, 3.63) is 48.2 Å². The van der Waals surface area contributed by atoms with E-state index in [0.29, 0.717) is 12.2 Å². The summed E-state index contributed by atoms with van der Waals surface area (Å²) < 4.78 is 4.94. The first-order valence-corrected chi connectivity index (χ1v) is 6.71. The number of nitrogens with zero attached hydrogens (tertiary/aromatic N) is 1. The molecule has 0 spiro atoms. The van der Waals surface area contributed by atoms with E-state index < -0.39 is 5.97 Å². The summed E-state index contributed by atoms with van der Waals surface area (Å²) in [6.07, 6.45) is 1.89. The lowest BCUT2D eigenvalue weighted by Gasteiger charge is -2.06. The highest BCUT2D eigenvalue weighted by atomic mass is 16.5. The predicted molar refractivity (Wildman–Crippen MR) is 81.9 cm³/mol. The minimum absolute atomic E-state index is 0.177. The SMILES string of the molecule is CCOC(=O)c1ccc(-c2c[nH]c3ccccc23)nc1N. The monoisotopic (exact) mass is 281 g/mol. The summed E-state index contributed by atoms with van der Waals surface area (Å²) in [6.45, 7) is 2.06. The maximum absolute atomic E-state index is 11.7. The molecule has 0 atom stereocenters. The molecule has 1 aromatic carbocycles. The highest BCUT2D eigenvalue weighted by Gasteiger charge is 2.14. The molecule has 3 N–H and O–H groups in total. The van der Waals surface area contributed by atoms with E-state index in [-0.39, 0.29) is 5.82 Å². The summed E-state index contributed by atoms with van der Waals surface area (Å²) in [5, 5.41) is 1.06. The average Bonchev–Trinajstić information content (AvgIpc) is 2.91. The van der Waals surface area contributed by atoms with Gasteiger partial charge in [-0.2, -0.15) is 0 Å². The number of anilines is 1. The van der Waals surface area contributed by atoms with Crippen molar-refractivity contribution in [2.24, 2.45) is 0 Å². The van der Waals surface area contributed by atoms with Gasteiger partial charge in [0.2, 0.25) is 0 Å². The number of esters is 1. The maximum atomic E-state index is 11.7. The van der Waals surface area contributed by atoms with E-state index in [4.69, 9.17) is 10.5 Å². The van der Waals surface area contributed by atoms with Crippen LogP contribution in [0.25, 0.3) is 22.2 Å². The van der Waals surface area contributed by atoms with Crippen LogP contribution in [-0.4, -0.2) is 22.5 Å². The number of nitrogens with two attached hydrogens (primary N) is 1. The van der Waals surface area contributed by atoms with Crippen LogP contribution in [0.4, 0.5) is 5.82 Å². The Morgan fingerprint density at radius 1 is 1.29 bits per heavy atom. The van der Waals surface area contributed by atoms with Crippen LogP contribution in [0, 0.1) is 0 Å². The molecular weight excluding hydrogens is 266 g/mol. The highest BCUT2D eigenvalue weighted by molar-refractivity contribution is 5.97. The predicted octanol–water partition coefficient (Wildman–Crippen LogP) is 2.99. The zero-order chi connectivity index (χ0) is 14.8. The summed E-state index contributed by atoms with van der Waals surface area (Å²) in [5.74, 6) is -0.274. The van der Waals surface area contributed by atoms with Gasteiger partial charge >= 0.3 is 5.97 Å². The Labute approximate surface area is 121 Å². The number of aromatic amines is 1. The molecule has 0 aliphatic rings. The Kier molecular flexibility index (Phi) is 3.31. The third-order valence-corrected chi connectivity index (χ3v) is 3.29. The van der Waals surface area contributed by atoms with E-state index in [1.807, 2.05) is 30.5 Å². The Morgan fingerprint density at radius 3 is 2.86 bits per heavy atom. The number of fused-ring (bicyclic) bond motifs is 1. The highest BCUT2D eigenvalue weighted by Crippen LogP contribution is 2.28. The number of nitrogens with one attached hydrogen (secondary N) is 1. The molecule has 2 aromatic heterocycles. The normalized spacial score (nSPS) is 10.7. The van der Waals surface area contributed by atoms with Crippen LogP contribution >= 0.6 is 0 Å². The fraction of sp³-hybridized carbons (Fsp3) is 0.125. The average molecular weight is 281 g/mol. The van der Waals surface area contributed by atoms with Gasteiger partial charge in [-0.1, -0.05) is 18.2 Å². The van der Waals surface area contributed by atoms with E-state index in [0.717, 1.165) is 22.2 Å². The van der Waals surface area contributed by atoms with Crippen molar-refractivity contribution in [1.82, 2.24) is 9.97 Å². The Morgan fingerprint density at radius 2 is 2.10 bits per heavy atom. The van der Waals surface area contributed by atoms with Crippen LogP contribution in [0.15, 0.2) is 42.6 Å². The third-order valence-electron chi connectivity index (χ3n) is 3.29. The molecule has 21 heavy (non-hydrogen) atoms. The third kappa shape index (κ3) is 2.33. The van der Waals surface area contributed by atoms with Crippen molar-refractivity contribution in [1.29, 1.82) is 0 Å². The molecule has 3 rings (SSSR count). The standard InChI is InChI=1S/C16H15N3O2/c1-2-21-16(20)11-7-8-14(19-15(11)17)12-9-18-13-6-4-3-5-10(12)13/h3-9,18H,2H2,1H3,(H2,17,19). The van der Waals surface area contributed by atoms with Gasteiger partial charge in [-0.25, -0.2) is 9.78 Å². The zero-order valence-corrected chi connectivity index (χ0v) is 11.6. The molecule has 0 unspecified atom stereocenters. The topological polar surface area (TPSA) is 81.0 Å². The van der Waals surface area contributed by atoms with Crippen LogP contribution < -0.4 is 5.73 Å². The maximum Gasteiger partial charge on any atom is 0.341 e. The van der Waals surface area contributed by atoms with Gasteiger partial charge in [0, 0.05) is 22.7 Å². The molecule has 3 aromatic rings. The lowest BCUT2D eigenvalue weighted by Crippen LogP contribution is -2.09. The first-order chi connectivity index (χ1) is 10.2. The number of carbonyl (C=O) groups excluding carboxylic acids is 1. The summed E-state index contributed by atoms with van der Waals surface area (Å²) >= 11 is 0. The Bertz CT molecular complexity index is 808. The van der Waals surface area contributed by atoms with Gasteiger partial charge in [-0.3, -0.25) is 0 Å². The number of pyridine rings is 1. The zero-order valence-electron chi connectivity index (χ0n) is 11.6. The summed E-state index contributed by atoms with van der Waals surface area (Å²) in [5.41, 5.74) is 8.87. The van der Waals surface area contributed by atoms with Gasteiger partial charge in [0.05, 0.1) is 12.3 Å². The molecular formula is C16H15N3O2. The number of rotatable bonds is 3. The second-order valence-corrected chi connectivity index (χ2v) is 4.60. The van der Waals surface area contributed by atoms with E-state index in [1.165, 1.54) is 0 Å². The van der Waals surface area contributed by atoms with Crippen LogP contribution in [0.5, 0.6) is 0 Å². The van der Waals surface area contributed by atoms with Crippen molar-refractivity contribution in [2.45, 2.75) is 6.92 Å². The quantitative estimate of drug-likeness (QED) is 0.723. The van der Waals surface area contributed by atoms with Crippen molar-refractivity contribution in [3.8, 4) is 11.3 Å². The molecule has 2 heterocycles. The Balaban J connectivity index is 2.04. The van der Waals surface area contributed by atoms with Crippen molar-refractivity contribution >= 4 is 22.7 Å². The van der Waals surface area contributed by atoms with Crippen molar-refractivity contribution < 1.29 is 9.53 Å². The molecule has 5 nitrogen and oxygen atoms in total. The molecule has 0 radical (unpaired) electrons. The number of hydrogen-bond donors (Lipinski definition) is 2. The number of benzene rings is 1. The number of carbonyl (C=O) groups is 1. The fourth-order valence-electron chi connectivity index (χ4n) is 2.29. The van der Waals surface area contributed by atoms with Crippen LogP contribution in [0.3, 0.4) is 0 Å². The number of ether oxygens (including phenoxy) is 1. The first-order valence-electron chi connectivity index (χ1n) is 6.71. The van der Waals surface area contributed by atoms with Gasteiger partial charge in [0.1, 0.15) is 11.4 Å². The second kappa shape index (κ2) is 5.28. The molecule has 0 fully saturated rings. The molecule has 0 amide bonds. The van der Waals surface area contributed by atoms with Gasteiger partial charge in [0.25, 0.3) is 0 Å². The van der Waals surface area contributed by atoms with E-state index in [1.54, 1.807) is 19.1 Å². The molecule has 0 bridgehead atoms.